The molecule has 1 unspecified atom stereocenters. The second-order valence-corrected chi connectivity index (χ2v) is 21.8. The van der Waals surface area contributed by atoms with Crippen LogP contribution in [0.25, 0.3) is 15.0 Å². The molecule has 1 aliphatic rings. The number of ether oxygens (including phenoxy) is 6. The Kier molecular flexibility index (Phi) is 32.7. The van der Waals surface area contributed by atoms with Crippen molar-refractivity contribution in [2.24, 2.45) is 10.4 Å². The Morgan fingerprint density at radius 3 is 1.96 bits per heavy atom. The molecule has 2 atom stereocenters. The number of hydrogen-bond donors (Lipinski definition) is 6. The number of aromatic nitrogens is 1. The van der Waals surface area contributed by atoms with Crippen LogP contribution in [-0.2, 0) is 49.3 Å². The maximum Gasteiger partial charge on any atom is 0.257 e. The fourth-order valence-corrected chi connectivity index (χ4v) is 10.3. The summed E-state index contributed by atoms with van der Waals surface area (Å²) in [4.78, 5) is 78.3. The van der Waals surface area contributed by atoms with Gasteiger partial charge in [-0.15, -0.1) is 23.1 Å². The minimum absolute atomic E-state index is 0.0647. The van der Waals surface area contributed by atoms with E-state index < -0.39 is 17.5 Å². The van der Waals surface area contributed by atoms with Gasteiger partial charge in [0.05, 0.1) is 102 Å². The van der Waals surface area contributed by atoms with E-state index in [1.807, 2.05) is 133 Å². The molecule has 20 nitrogen and oxygen atoms in total. The first-order valence-corrected chi connectivity index (χ1v) is 30.8. The number of aliphatic hydroxyl groups is 1. The summed E-state index contributed by atoms with van der Waals surface area (Å²) < 4.78 is 34.6. The average molecular weight is 1210 g/mol. The van der Waals surface area contributed by atoms with Gasteiger partial charge in [0.1, 0.15) is 12.1 Å². The van der Waals surface area contributed by atoms with E-state index in [1.165, 1.54) is 17.5 Å². The third kappa shape index (κ3) is 23.7. The first kappa shape index (κ1) is 70.9. The molecule has 22 heteroatoms. The molecule has 5 aromatic rings. The number of para-hydroxylation sites is 1. The number of thiophene rings is 1. The van der Waals surface area contributed by atoms with E-state index in [1.54, 1.807) is 22.7 Å². The molecule has 0 saturated carbocycles. The number of aliphatic hydroxyl groups excluding tert-OH is 1. The minimum atomic E-state index is -0.823. The van der Waals surface area contributed by atoms with Gasteiger partial charge in [-0.2, -0.15) is 0 Å². The van der Waals surface area contributed by atoms with E-state index in [-0.39, 0.29) is 67.9 Å². The van der Waals surface area contributed by atoms with Crippen LogP contribution in [0.15, 0.2) is 101 Å². The molecule has 3 heterocycles. The van der Waals surface area contributed by atoms with Crippen molar-refractivity contribution in [3.63, 3.8) is 0 Å². The van der Waals surface area contributed by atoms with Crippen molar-refractivity contribution in [3.8, 4) is 0 Å². The second kappa shape index (κ2) is 39.2. The van der Waals surface area contributed by atoms with Crippen LogP contribution >= 0.6 is 23.1 Å². The predicted octanol–water partition coefficient (Wildman–Crippen LogP) is 9.05. The van der Waals surface area contributed by atoms with Crippen LogP contribution in [-0.4, -0.2) is 169 Å². The number of nitrogens with one attached hydrogen (secondary N) is 5. The van der Waals surface area contributed by atoms with Crippen LogP contribution < -0.4 is 26.6 Å². The van der Waals surface area contributed by atoms with Crippen LogP contribution in [0.5, 0.6) is 0 Å². The fraction of sp³-hybridized carbons (Fsp3) is 0.476. The zero-order valence-electron chi connectivity index (χ0n) is 50.8. The normalized spacial score (nSPS) is 13.5. The number of aliphatic imine (C=N–C) groups is 1. The zero-order chi connectivity index (χ0) is 62.0. The summed E-state index contributed by atoms with van der Waals surface area (Å²) >= 11 is 3.09. The smallest absolute Gasteiger partial charge is 0.257 e. The number of nitrogens with zero attached hydrogens (tertiary/aromatic N) is 3. The Labute approximate surface area is 509 Å². The van der Waals surface area contributed by atoms with Gasteiger partial charge < -0.3 is 65.0 Å². The summed E-state index contributed by atoms with van der Waals surface area (Å²) in [5.41, 5.74) is 5.22. The second-order valence-electron chi connectivity index (χ2n) is 20.1. The van der Waals surface area contributed by atoms with E-state index in [2.05, 4.69) is 43.3 Å². The van der Waals surface area contributed by atoms with Crippen LogP contribution in [0.3, 0.4) is 0 Å². The number of amides is 5. The zero-order valence-corrected chi connectivity index (χ0v) is 52.5. The Morgan fingerprint density at radius 2 is 1.36 bits per heavy atom. The Hall–Kier alpha value is -6.60. The minimum Gasteiger partial charge on any atom is -0.400 e. The van der Waals surface area contributed by atoms with E-state index in [4.69, 9.17) is 33.5 Å². The highest BCUT2D eigenvalue weighted by atomic mass is 32.2. The van der Waals surface area contributed by atoms with E-state index in [0.29, 0.717) is 102 Å². The molecule has 1 saturated heterocycles. The van der Waals surface area contributed by atoms with Gasteiger partial charge in [0.25, 0.3) is 11.8 Å². The summed E-state index contributed by atoms with van der Waals surface area (Å²) in [5, 5.41) is 24.7. The summed E-state index contributed by atoms with van der Waals surface area (Å²) in [5.74, 6) is -1.06. The standard InChI is InChI=1S/C60H78N8O11S2.C2H6.CH4O/c1-41-13-8-10-15-48(41)65-55-49(66-57(71)47-40-81-51-17-11-9-14-46(47)51)37-45(39-63-55)56(70)62-23-26-75-28-30-77-32-34-79-36-35-78-33-31-76-29-27-74-25-22-52(69)67-54(60(3,4)5)59(73)68-24-12-16-50(68)58(72)64-38-43-18-20-44(21-19-43)53(80-7)42(2)61-6;2*1-2/h8-11,13-15,17-21,37,39-40,50,54H,6,12,16,22-36,38H2,1-5,7H3,(H,62,70)(H,63,65)(H,64,72)(H,66,71)(H,67,69);1-2H3;2H,1H3/b53-42-;;/t50-,54?;;/m0../s1. The molecule has 6 rings (SSSR count). The van der Waals surface area contributed by atoms with Gasteiger partial charge in [0.2, 0.25) is 17.7 Å². The first-order valence-electron chi connectivity index (χ1n) is 28.7. The van der Waals surface area contributed by atoms with Crippen LogP contribution in [0, 0.1) is 12.3 Å². The van der Waals surface area contributed by atoms with Gasteiger partial charge >= 0.3 is 0 Å². The van der Waals surface area contributed by atoms with E-state index >= 15 is 0 Å². The maximum atomic E-state index is 13.9. The number of allylic oxidation sites excluding steroid dienone is 1. The van der Waals surface area contributed by atoms with E-state index in [0.717, 1.165) is 50.2 Å². The molecule has 1 fully saturated rings. The number of anilines is 3. The monoisotopic (exact) mass is 1210 g/mol. The number of aryl methyl sites for hydroxylation is 1. The molecule has 2 aromatic heterocycles. The summed E-state index contributed by atoms with van der Waals surface area (Å²) in [7, 11) is 1.00. The third-order valence-corrected chi connectivity index (χ3v) is 15.0. The van der Waals surface area contributed by atoms with Crippen LogP contribution in [0.4, 0.5) is 17.2 Å². The SMILES string of the molecule is C=N/C(C)=C(\SC)c1ccc(CNC(=O)[C@@H]2CCCN2C(=O)C(NC(=O)CCOCCOCCOCCOCCOCCOCCNC(=O)c2cnc(Nc3ccccc3C)c(NC(=O)c3csc4ccccc34)c2)C(C)(C)C)cc1.CC.CO. The van der Waals surface area contributed by atoms with Gasteiger partial charge in [0.15, 0.2) is 5.82 Å². The highest BCUT2D eigenvalue weighted by molar-refractivity contribution is 8.07. The molecule has 0 bridgehead atoms. The molecule has 0 radical (unpaired) electrons. The lowest BCUT2D eigenvalue weighted by atomic mass is 9.85. The van der Waals surface area contributed by atoms with Crippen molar-refractivity contribution in [3.05, 3.63) is 124 Å². The van der Waals surface area contributed by atoms with Gasteiger partial charge in [-0.25, -0.2) is 4.98 Å². The fourth-order valence-electron chi connectivity index (χ4n) is 8.65. The van der Waals surface area contributed by atoms with Gasteiger partial charge in [-0.3, -0.25) is 29.0 Å². The number of carbonyl (C=O) groups excluding carboxylic acids is 5. The topological polar surface area (TPSA) is 250 Å². The predicted molar refractivity (Wildman–Crippen MR) is 340 cm³/mol. The lowest BCUT2D eigenvalue weighted by molar-refractivity contribution is -0.144. The highest BCUT2D eigenvalue weighted by Crippen LogP contribution is 2.32. The lowest BCUT2D eigenvalue weighted by Crippen LogP contribution is -2.57. The Bertz CT molecular complexity index is 2900. The molecular formula is C63H88N8O12S2. The molecule has 0 spiro atoms. The van der Waals surface area contributed by atoms with Crippen LogP contribution in [0.1, 0.15) is 98.2 Å². The van der Waals surface area contributed by atoms with Gasteiger partial charge in [0, 0.05) is 65.4 Å². The third-order valence-electron chi connectivity index (χ3n) is 13.1. The number of benzene rings is 3. The molecule has 1 aliphatic heterocycles. The Balaban J connectivity index is 0.00000379. The number of rotatable bonds is 34. The molecule has 5 amide bonds. The van der Waals surface area contributed by atoms with Crippen molar-refractivity contribution in [2.75, 3.05) is 116 Å². The van der Waals surface area contributed by atoms with Crippen molar-refractivity contribution in [1.82, 2.24) is 25.8 Å². The number of hydrogen-bond acceptors (Lipinski definition) is 17. The van der Waals surface area contributed by atoms with Crippen LogP contribution in [0.2, 0.25) is 0 Å². The molecule has 85 heavy (non-hydrogen) atoms. The maximum absolute atomic E-state index is 13.9. The van der Waals surface area contributed by atoms with Gasteiger partial charge in [-0.1, -0.05) is 95.3 Å². The highest BCUT2D eigenvalue weighted by Gasteiger charge is 2.41. The molecule has 0 aliphatic carbocycles. The summed E-state index contributed by atoms with van der Waals surface area (Å²) in [6, 6.07) is 23.5. The summed E-state index contributed by atoms with van der Waals surface area (Å²) in [6.45, 7) is 22.3. The van der Waals surface area contributed by atoms with E-state index in [9.17, 15) is 24.0 Å². The number of fused-ring (bicyclic) bond motifs is 1. The molecular weight excluding hydrogens is 1120 g/mol. The number of carbonyl (C=O) groups is 5. The largest absolute Gasteiger partial charge is 0.400 e. The summed E-state index contributed by atoms with van der Waals surface area (Å²) in [6.07, 6.45) is 4.77. The van der Waals surface area contributed by atoms with Crippen molar-refractivity contribution < 1.29 is 57.5 Å². The number of thioether (sulfide) groups is 1. The quantitative estimate of drug-likeness (QED) is 0.0166. The van der Waals surface area contributed by atoms with Crippen molar-refractivity contribution in [2.45, 2.75) is 86.4 Å². The Morgan fingerprint density at radius 1 is 0.776 bits per heavy atom. The first-order chi connectivity index (χ1) is 41.2. The molecule has 3 aromatic carbocycles. The lowest BCUT2D eigenvalue weighted by Gasteiger charge is -2.35. The molecule has 464 valence electrons. The number of likely N-dealkylation sites (tertiary alicyclic amines) is 1. The van der Waals surface area contributed by atoms with Gasteiger partial charge in [-0.05, 0) is 80.0 Å². The van der Waals surface area contributed by atoms with Crippen molar-refractivity contribution >= 4 is 91.5 Å². The van der Waals surface area contributed by atoms with Crippen molar-refractivity contribution in [1.29, 1.82) is 0 Å². The average Bonchev–Trinajstić information content (AvgIpc) is 3.30. The molecule has 6 N–H and O–H groups in total. The number of pyridine rings is 1.